The van der Waals surface area contributed by atoms with Crippen LogP contribution < -0.4 is 5.32 Å². The first kappa shape index (κ1) is 19.5. The first-order valence-electron chi connectivity index (χ1n) is 10.9. The molecule has 156 valence electrons. The average Bonchev–Trinajstić information content (AvgIpc) is 3.29. The van der Waals surface area contributed by atoms with Gasteiger partial charge in [-0.15, -0.1) is 0 Å². The Kier molecular flexibility index (Phi) is 5.50. The summed E-state index contributed by atoms with van der Waals surface area (Å²) in [5, 5.41) is 4.36. The van der Waals surface area contributed by atoms with Gasteiger partial charge >= 0.3 is 0 Å². The third-order valence-electron chi connectivity index (χ3n) is 6.04. The number of likely N-dealkylation sites (tertiary alicyclic amines) is 1. The summed E-state index contributed by atoms with van der Waals surface area (Å²) in [4.78, 5) is 23.0. The largest absolute Gasteiger partial charge is 0.361 e. The van der Waals surface area contributed by atoms with Gasteiger partial charge in [-0.3, -0.25) is 14.7 Å². The molecule has 31 heavy (non-hydrogen) atoms. The zero-order valence-electron chi connectivity index (χ0n) is 17.4. The van der Waals surface area contributed by atoms with Crippen LogP contribution in [0, 0.1) is 0 Å². The van der Waals surface area contributed by atoms with E-state index in [-0.39, 0.29) is 11.9 Å². The van der Waals surface area contributed by atoms with Gasteiger partial charge in [0.25, 0.3) is 5.91 Å². The Hall–Kier alpha value is -3.44. The fraction of sp³-hybridized carbons (Fsp3) is 0.231. The lowest BCUT2D eigenvalue weighted by molar-refractivity contribution is 0.0909. The summed E-state index contributed by atoms with van der Waals surface area (Å²) in [6, 6.07) is 22.7. The lowest BCUT2D eigenvalue weighted by Gasteiger charge is -2.32. The topological polar surface area (TPSA) is 61.0 Å². The lowest BCUT2D eigenvalue weighted by Crippen LogP contribution is -2.44. The van der Waals surface area contributed by atoms with Crippen LogP contribution >= 0.6 is 0 Å². The SMILES string of the molecule is O=C(NC1CCN(Cc2ccccc2)CC1)c1ccnc(-c2ccc3[nH]ccc3c2)c1. The van der Waals surface area contributed by atoms with Crippen LogP contribution in [0.4, 0.5) is 0 Å². The van der Waals surface area contributed by atoms with Gasteiger partial charge in [-0.1, -0.05) is 36.4 Å². The van der Waals surface area contributed by atoms with Crippen LogP contribution in [0.25, 0.3) is 22.2 Å². The van der Waals surface area contributed by atoms with Crippen molar-refractivity contribution in [3.8, 4) is 11.3 Å². The number of aromatic amines is 1. The van der Waals surface area contributed by atoms with Crippen LogP contribution in [0.5, 0.6) is 0 Å². The fourth-order valence-electron chi connectivity index (χ4n) is 4.29. The molecule has 0 spiro atoms. The Morgan fingerprint density at radius 3 is 2.71 bits per heavy atom. The maximum atomic E-state index is 12.9. The summed E-state index contributed by atoms with van der Waals surface area (Å²) in [5.74, 6) is -0.0205. The quantitative estimate of drug-likeness (QED) is 0.505. The third kappa shape index (κ3) is 4.52. The first-order valence-corrected chi connectivity index (χ1v) is 10.9. The number of carbonyl (C=O) groups is 1. The summed E-state index contributed by atoms with van der Waals surface area (Å²) >= 11 is 0. The van der Waals surface area contributed by atoms with E-state index in [9.17, 15) is 4.79 Å². The number of rotatable bonds is 5. The number of amides is 1. The molecule has 1 aliphatic heterocycles. The van der Waals surface area contributed by atoms with Gasteiger partial charge in [-0.25, -0.2) is 0 Å². The lowest BCUT2D eigenvalue weighted by atomic mass is 10.0. The minimum atomic E-state index is -0.0205. The van der Waals surface area contributed by atoms with Gasteiger partial charge in [0.15, 0.2) is 0 Å². The second-order valence-corrected chi connectivity index (χ2v) is 8.22. The summed E-state index contributed by atoms with van der Waals surface area (Å²) in [7, 11) is 0. The van der Waals surface area contributed by atoms with Crippen molar-refractivity contribution in [3.05, 3.63) is 90.3 Å². The third-order valence-corrected chi connectivity index (χ3v) is 6.04. The van der Waals surface area contributed by atoms with Gasteiger partial charge in [0.2, 0.25) is 0 Å². The molecule has 5 rings (SSSR count). The van der Waals surface area contributed by atoms with Gasteiger partial charge in [-0.05, 0) is 48.7 Å². The molecular formula is C26H26N4O. The van der Waals surface area contributed by atoms with Gasteiger partial charge in [0.05, 0.1) is 5.69 Å². The normalized spacial score (nSPS) is 15.2. The number of fused-ring (bicyclic) bond motifs is 1. The van der Waals surface area contributed by atoms with Crippen molar-refractivity contribution in [2.24, 2.45) is 0 Å². The second-order valence-electron chi connectivity index (χ2n) is 8.22. The van der Waals surface area contributed by atoms with Crippen LogP contribution in [0.15, 0.2) is 79.1 Å². The van der Waals surface area contributed by atoms with Gasteiger partial charge in [0.1, 0.15) is 0 Å². The number of nitrogens with zero attached hydrogens (tertiary/aromatic N) is 2. The number of H-pyrrole nitrogens is 1. The van der Waals surface area contributed by atoms with E-state index < -0.39 is 0 Å². The monoisotopic (exact) mass is 410 g/mol. The molecule has 1 fully saturated rings. The summed E-state index contributed by atoms with van der Waals surface area (Å²) in [5.41, 5.74) is 4.92. The summed E-state index contributed by atoms with van der Waals surface area (Å²) in [6.45, 7) is 2.97. The van der Waals surface area contributed by atoms with Crippen LogP contribution in [-0.2, 0) is 6.54 Å². The van der Waals surface area contributed by atoms with E-state index in [1.54, 1.807) is 12.3 Å². The van der Waals surface area contributed by atoms with Gasteiger partial charge < -0.3 is 10.3 Å². The summed E-state index contributed by atoms with van der Waals surface area (Å²) < 4.78 is 0. The van der Waals surface area contributed by atoms with Crippen molar-refractivity contribution in [1.29, 1.82) is 0 Å². The van der Waals surface area contributed by atoms with Crippen LogP contribution in [0.2, 0.25) is 0 Å². The van der Waals surface area contributed by atoms with E-state index in [2.05, 4.69) is 50.5 Å². The Morgan fingerprint density at radius 1 is 1.03 bits per heavy atom. The number of hydrogen-bond donors (Lipinski definition) is 2. The van der Waals surface area contributed by atoms with E-state index >= 15 is 0 Å². The van der Waals surface area contributed by atoms with Crippen molar-refractivity contribution >= 4 is 16.8 Å². The van der Waals surface area contributed by atoms with Crippen LogP contribution in [0.3, 0.4) is 0 Å². The maximum Gasteiger partial charge on any atom is 0.251 e. The van der Waals surface area contributed by atoms with E-state index in [4.69, 9.17) is 0 Å². The van der Waals surface area contributed by atoms with Crippen molar-refractivity contribution in [2.45, 2.75) is 25.4 Å². The van der Waals surface area contributed by atoms with Crippen molar-refractivity contribution < 1.29 is 4.79 Å². The van der Waals surface area contributed by atoms with E-state index in [1.165, 1.54) is 5.56 Å². The average molecular weight is 411 g/mol. The standard InChI is InChI=1S/C26H26N4O/c31-26(29-23-10-14-30(15-11-23)18-19-4-2-1-3-5-19)22-9-13-28-25(17-22)20-6-7-24-21(16-20)8-12-27-24/h1-9,12-13,16-17,23,27H,10-11,14-15,18H2,(H,29,31). The highest BCUT2D eigenvalue weighted by Crippen LogP contribution is 2.23. The van der Waals surface area contributed by atoms with Crippen molar-refractivity contribution in [1.82, 2.24) is 20.2 Å². The molecule has 2 aromatic carbocycles. The number of hydrogen-bond acceptors (Lipinski definition) is 3. The minimum absolute atomic E-state index is 0.0205. The zero-order chi connectivity index (χ0) is 21.0. The molecule has 0 radical (unpaired) electrons. The molecule has 2 N–H and O–H groups in total. The Bertz CT molecular complexity index is 1180. The molecule has 0 atom stereocenters. The molecule has 5 heteroatoms. The smallest absolute Gasteiger partial charge is 0.251 e. The molecular weight excluding hydrogens is 384 g/mol. The van der Waals surface area contributed by atoms with Gasteiger partial charge in [0, 0.05) is 60.1 Å². The number of benzene rings is 2. The number of piperidine rings is 1. The van der Waals surface area contributed by atoms with Gasteiger partial charge in [-0.2, -0.15) is 0 Å². The molecule has 1 aliphatic rings. The minimum Gasteiger partial charge on any atom is -0.361 e. The number of carbonyl (C=O) groups excluding carboxylic acids is 1. The molecule has 1 saturated heterocycles. The zero-order valence-corrected chi connectivity index (χ0v) is 17.4. The first-order chi connectivity index (χ1) is 15.2. The predicted molar refractivity (Wildman–Crippen MR) is 124 cm³/mol. The Balaban J connectivity index is 1.20. The maximum absolute atomic E-state index is 12.9. The number of pyridine rings is 1. The molecule has 3 heterocycles. The van der Waals surface area contributed by atoms with Crippen molar-refractivity contribution in [2.75, 3.05) is 13.1 Å². The summed E-state index contributed by atoms with van der Waals surface area (Å²) in [6.07, 6.45) is 5.59. The highest BCUT2D eigenvalue weighted by Gasteiger charge is 2.21. The fourth-order valence-corrected chi connectivity index (χ4v) is 4.29. The Morgan fingerprint density at radius 2 is 1.87 bits per heavy atom. The molecule has 0 aliphatic carbocycles. The molecule has 2 aromatic heterocycles. The van der Waals surface area contributed by atoms with E-state index in [1.807, 2.05) is 36.5 Å². The second kappa shape index (κ2) is 8.74. The van der Waals surface area contributed by atoms with Crippen LogP contribution in [0.1, 0.15) is 28.8 Å². The van der Waals surface area contributed by atoms with E-state index in [0.717, 1.165) is 54.6 Å². The number of aromatic nitrogens is 2. The molecule has 0 unspecified atom stereocenters. The highest BCUT2D eigenvalue weighted by molar-refractivity contribution is 5.95. The predicted octanol–water partition coefficient (Wildman–Crippen LogP) is 4.62. The molecule has 5 nitrogen and oxygen atoms in total. The Labute approximate surface area is 182 Å². The van der Waals surface area contributed by atoms with E-state index in [0.29, 0.717) is 5.56 Å². The molecule has 1 amide bonds. The molecule has 0 bridgehead atoms. The molecule has 4 aromatic rings. The number of nitrogens with one attached hydrogen (secondary N) is 2. The highest BCUT2D eigenvalue weighted by atomic mass is 16.1. The van der Waals surface area contributed by atoms with Crippen LogP contribution in [-0.4, -0.2) is 39.9 Å². The van der Waals surface area contributed by atoms with Crippen molar-refractivity contribution in [3.63, 3.8) is 0 Å². The molecule has 0 saturated carbocycles.